The molecule has 0 aliphatic carbocycles. The molecule has 2 aromatic heterocycles. The van der Waals surface area contributed by atoms with E-state index < -0.39 is 0 Å². The van der Waals surface area contributed by atoms with Gasteiger partial charge >= 0.3 is 0 Å². The number of benzene rings is 1. The molecule has 3 aromatic rings. The Bertz CT molecular complexity index is 1020. The highest BCUT2D eigenvalue weighted by atomic mass is 16.1. The molecule has 150 valence electrons. The van der Waals surface area contributed by atoms with Crippen LogP contribution in [-0.4, -0.2) is 64.0 Å². The second-order valence-electron chi connectivity index (χ2n) is 7.13. The number of amides is 1. The van der Waals surface area contributed by atoms with Gasteiger partial charge in [-0.15, -0.1) is 0 Å². The standard InChI is InChI=1S/C20H24N8O/c1-14(29)24-16-5-3-4-15(12-16)13-23-19-17-18(22-7-6-21-17)25-20(26-19)28-10-8-27(2)9-11-28/h3-7,12H,8-11,13H2,1-2H3,(H,24,29)(H,22,23,25,26). The molecule has 4 rings (SSSR count). The van der Waals surface area contributed by atoms with Crippen molar-refractivity contribution in [1.82, 2.24) is 24.8 Å². The van der Waals surface area contributed by atoms with Crippen molar-refractivity contribution in [1.29, 1.82) is 0 Å². The van der Waals surface area contributed by atoms with Crippen LogP contribution in [-0.2, 0) is 11.3 Å². The van der Waals surface area contributed by atoms with Crippen LogP contribution in [0.15, 0.2) is 36.7 Å². The summed E-state index contributed by atoms with van der Waals surface area (Å²) in [6, 6.07) is 7.71. The van der Waals surface area contributed by atoms with Gasteiger partial charge in [-0.1, -0.05) is 12.1 Å². The topological polar surface area (TPSA) is 99.2 Å². The molecule has 0 unspecified atom stereocenters. The Labute approximate surface area is 169 Å². The summed E-state index contributed by atoms with van der Waals surface area (Å²) < 4.78 is 0. The van der Waals surface area contributed by atoms with Crippen LogP contribution >= 0.6 is 0 Å². The van der Waals surface area contributed by atoms with E-state index in [-0.39, 0.29) is 5.91 Å². The number of likely N-dealkylation sites (N-methyl/N-ethyl adjacent to an activating group) is 1. The smallest absolute Gasteiger partial charge is 0.229 e. The quantitative estimate of drug-likeness (QED) is 0.677. The first-order valence-corrected chi connectivity index (χ1v) is 9.61. The molecule has 9 heteroatoms. The molecular weight excluding hydrogens is 368 g/mol. The predicted molar refractivity (Wildman–Crippen MR) is 113 cm³/mol. The Balaban J connectivity index is 1.58. The minimum atomic E-state index is -0.0935. The Kier molecular flexibility index (Phi) is 5.48. The van der Waals surface area contributed by atoms with Gasteiger partial charge in [0.15, 0.2) is 17.0 Å². The Hall–Kier alpha value is -3.33. The van der Waals surface area contributed by atoms with Gasteiger partial charge in [-0.05, 0) is 24.7 Å². The molecule has 1 aliphatic heterocycles. The van der Waals surface area contributed by atoms with Crippen molar-refractivity contribution in [3.8, 4) is 0 Å². The lowest BCUT2D eigenvalue weighted by atomic mass is 10.2. The molecule has 1 saturated heterocycles. The third-order valence-electron chi connectivity index (χ3n) is 4.81. The lowest BCUT2D eigenvalue weighted by Crippen LogP contribution is -2.45. The molecule has 3 heterocycles. The van der Waals surface area contributed by atoms with Crippen LogP contribution in [0.1, 0.15) is 12.5 Å². The monoisotopic (exact) mass is 392 g/mol. The van der Waals surface area contributed by atoms with E-state index in [9.17, 15) is 4.79 Å². The predicted octanol–water partition coefficient (Wildman–Crippen LogP) is 1.74. The van der Waals surface area contributed by atoms with Crippen molar-refractivity contribution < 1.29 is 4.79 Å². The van der Waals surface area contributed by atoms with E-state index in [2.05, 4.69) is 42.4 Å². The maximum Gasteiger partial charge on any atom is 0.229 e. The maximum absolute atomic E-state index is 11.3. The first-order valence-electron chi connectivity index (χ1n) is 9.61. The number of rotatable bonds is 5. The van der Waals surface area contributed by atoms with Gasteiger partial charge in [-0.3, -0.25) is 4.79 Å². The third-order valence-corrected chi connectivity index (χ3v) is 4.81. The lowest BCUT2D eigenvalue weighted by molar-refractivity contribution is -0.114. The molecule has 1 aromatic carbocycles. The number of anilines is 3. The summed E-state index contributed by atoms with van der Waals surface area (Å²) in [5.74, 6) is 1.23. The second-order valence-corrected chi connectivity index (χ2v) is 7.13. The first-order chi connectivity index (χ1) is 14.1. The van der Waals surface area contributed by atoms with E-state index in [1.807, 2.05) is 24.3 Å². The van der Waals surface area contributed by atoms with Crippen molar-refractivity contribution in [2.24, 2.45) is 0 Å². The van der Waals surface area contributed by atoms with Gasteiger partial charge in [0.1, 0.15) is 0 Å². The fraction of sp³-hybridized carbons (Fsp3) is 0.350. The zero-order valence-corrected chi connectivity index (χ0v) is 16.6. The molecule has 0 radical (unpaired) electrons. The minimum absolute atomic E-state index is 0.0935. The summed E-state index contributed by atoms with van der Waals surface area (Å²) in [4.78, 5) is 33.9. The maximum atomic E-state index is 11.3. The molecule has 9 nitrogen and oxygen atoms in total. The lowest BCUT2D eigenvalue weighted by Gasteiger charge is -2.32. The fourth-order valence-electron chi connectivity index (χ4n) is 3.27. The number of hydrogen-bond acceptors (Lipinski definition) is 8. The molecule has 1 amide bonds. The van der Waals surface area contributed by atoms with Crippen LogP contribution in [0.2, 0.25) is 0 Å². The van der Waals surface area contributed by atoms with E-state index in [0.717, 1.165) is 37.4 Å². The van der Waals surface area contributed by atoms with Crippen molar-refractivity contribution in [3.63, 3.8) is 0 Å². The second kappa shape index (κ2) is 8.36. The average Bonchev–Trinajstić information content (AvgIpc) is 2.72. The third kappa shape index (κ3) is 4.57. The first kappa shape index (κ1) is 19.0. The summed E-state index contributed by atoms with van der Waals surface area (Å²) in [6.07, 6.45) is 3.29. The van der Waals surface area contributed by atoms with Gasteiger partial charge < -0.3 is 20.4 Å². The Morgan fingerprint density at radius 3 is 2.69 bits per heavy atom. The highest BCUT2D eigenvalue weighted by molar-refractivity contribution is 5.88. The van der Waals surface area contributed by atoms with Gasteiger partial charge in [0.2, 0.25) is 11.9 Å². The van der Waals surface area contributed by atoms with Gasteiger partial charge in [0, 0.05) is 57.7 Å². The molecule has 1 fully saturated rings. The van der Waals surface area contributed by atoms with Crippen LogP contribution in [0, 0.1) is 0 Å². The summed E-state index contributed by atoms with van der Waals surface area (Å²) in [5.41, 5.74) is 3.00. The molecule has 2 N–H and O–H groups in total. The van der Waals surface area contributed by atoms with Crippen LogP contribution in [0.25, 0.3) is 11.2 Å². The van der Waals surface area contributed by atoms with E-state index in [1.54, 1.807) is 12.4 Å². The molecular formula is C20H24N8O. The molecule has 0 saturated carbocycles. The van der Waals surface area contributed by atoms with Crippen molar-refractivity contribution in [3.05, 3.63) is 42.2 Å². The summed E-state index contributed by atoms with van der Waals surface area (Å²) >= 11 is 0. The van der Waals surface area contributed by atoms with E-state index in [0.29, 0.717) is 29.5 Å². The summed E-state index contributed by atoms with van der Waals surface area (Å²) in [7, 11) is 2.12. The zero-order valence-electron chi connectivity index (χ0n) is 16.6. The number of piperazine rings is 1. The van der Waals surface area contributed by atoms with Gasteiger partial charge in [0.05, 0.1) is 0 Å². The van der Waals surface area contributed by atoms with Crippen molar-refractivity contribution in [2.75, 3.05) is 48.8 Å². The number of carbonyl (C=O) groups excluding carboxylic acids is 1. The number of carbonyl (C=O) groups is 1. The summed E-state index contributed by atoms with van der Waals surface area (Å²) in [5, 5.41) is 6.17. The number of nitrogens with one attached hydrogen (secondary N) is 2. The van der Waals surface area contributed by atoms with Gasteiger partial charge in [-0.25, -0.2) is 9.97 Å². The van der Waals surface area contributed by atoms with Crippen molar-refractivity contribution in [2.45, 2.75) is 13.5 Å². The Morgan fingerprint density at radius 2 is 1.90 bits per heavy atom. The minimum Gasteiger partial charge on any atom is -0.364 e. The largest absolute Gasteiger partial charge is 0.364 e. The molecule has 0 atom stereocenters. The molecule has 29 heavy (non-hydrogen) atoms. The molecule has 0 bridgehead atoms. The van der Waals surface area contributed by atoms with Crippen LogP contribution in [0.3, 0.4) is 0 Å². The number of fused-ring (bicyclic) bond motifs is 1. The normalized spacial score (nSPS) is 14.8. The van der Waals surface area contributed by atoms with Crippen molar-refractivity contribution >= 4 is 34.5 Å². The number of nitrogens with zero attached hydrogens (tertiary/aromatic N) is 6. The van der Waals surface area contributed by atoms with Crippen LogP contribution < -0.4 is 15.5 Å². The zero-order chi connectivity index (χ0) is 20.2. The van der Waals surface area contributed by atoms with E-state index in [1.165, 1.54) is 6.92 Å². The van der Waals surface area contributed by atoms with Crippen LogP contribution in [0.5, 0.6) is 0 Å². The molecule has 0 spiro atoms. The van der Waals surface area contributed by atoms with Gasteiger partial charge in [-0.2, -0.15) is 9.97 Å². The molecule has 1 aliphatic rings. The number of hydrogen-bond donors (Lipinski definition) is 2. The summed E-state index contributed by atoms with van der Waals surface area (Å²) in [6.45, 7) is 5.73. The van der Waals surface area contributed by atoms with Gasteiger partial charge in [0.25, 0.3) is 0 Å². The highest BCUT2D eigenvalue weighted by Crippen LogP contribution is 2.22. The SMILES string of the molecule is CC(=O)Nc1cccc(CNc2nc(N3CCN(C)CC3)nc3nccnc23)c1. The Morgan fingerprint density at radius 1 is 1.10 bits per heavy atom. The van der Waals surface area contributed by atoms with Crippen LogP contribution in [0.4, 0.5) is 17.5 Å². The average molecular weight is 392 g/mol. The van der Waals surface area contributed by atoms with E-state index in [4.69, 9.17) is 4.98 Å². The van der Waals surface area contributed by atoms with E-state index >= 15 is 0 Å². The highest BCUT2D eigenvalue weighted by Gasteiger charge is 2.19. The fourth-order valence-corrected chi connectivity index (χ4v) is 3.27. The number of aromatic nitrogens is 4.